The third-order valence-electron chi connectivity index (χ3n) is 4.23. The van der Waals surface area contributed by atoms with Crippen LogP contribution in [0.2, 0.25) is 0 Å². The summed E-state index contributed by atoms with van der Waals surface area (Å²) < 4.78 is 0.918. The van der Waals surface area contributed by atoms with Gasteiger partial charge in [-0.15, -0.1) is 0 Å². The fourth-order valence-corrected chi connectivity index (χ4v) is 3.17. The number of hydrogen-bond acceptors (Lipinski definition) is 3. The lowest BCUT2D eigenvalue weighted by molar-refractivity contribution is -0.133. The summed E-state index contributed by atoms with van der Waals surface area (Å²) in [5.74, 6) is -1.38. The summed E-state index contributed by atoms with van der Waals surface area (Å²) in [6.45, 7) is 9.81. The molecule has 5 nitrogen and oxygen atoms in total. The highest BCUT2D eigenvalue weighted by molar-refractivity contribution is 9.10. The average Bonchev–Trinajstić information content (AvgIpc) is 2.60. The number of carbonyl (C=O) groups excluding carboxylic acids is 2. The van der Waals surface area contributed by atoms with Gasteiger partial charge in [0, 0.05) is 34.6 Å². The lowest BCUT2D eigenvalue weighted by atomic mass is 10.1. The molecule has 0 bridgehead atoms. The van der Waals surface area contributed by atoms with Crippen LogP contribution in [0.5, 0.6) is 0 Å². The van der Waals surface area contributed by atoms with Crippen LogP contribution >= 0.6 is 15.9 Å². The zero-order valence-electron chi connectivity index (χ0n) is 15.5. The quantitative estimate of drug-likeness (QED) is 0.704. The number of nitrogens with zero attached hydrogens (tertiary/aromatic N) is 1. The van der Waals surface area contributed by atoms with E-state index >= 15 is 0 Å². The number of anilines is 3. The van der Waals surface area contributed by atoms with E-state index < -0.39 is 11.8 Å². The van der Waals surface area contributed by atoms with Gasteiger partial charge in [-0.3, -0.25) is 9.59 Å². The molecular formula is C20H24BrN3O2. The molecule has 0 fully saturated rings. The minimum Gasteiger partial charge on any atom is -0.372 e. The Labute approximate surface area is 162 Å². The molecule has 0 aromatic heterocycles. The summed E-state index contributed by atoms with van der Waals surface area (Å²) in [7, 11) is 0. The number of hydrogen-bond donors (Lipinski definition) is 2. The van der Waals surface area contributed by atoms with Crippen molar-refractivity contribution in [1.82, 2.24) is 0 Å². The maximum atomic E-state index is 12.2. The van der Waals surface area contributed by atoms with Crippen molar-refractivity contribution in [3.63, 3.8) is 0 Å². The number of carbonyl (C=O) groups is 2. The molecule has 0 spiro atoms. The number of benzene rings is 2. The molecular weight excluding hydrogens is 394 g/mol. The first-order valence-corrected chi connectivity index (χ1v) is 9.39. The Bertz CT molecular complexity index is 817. The smallest absolute Gasteiger partial charge is 0.314 e. The second kappa shape index (κ2) is 8.85. The number of rotatable bonds is 5. The number of aryl methyl sites for hydroxylation is 2. The summed E-state index contributed by atoms with van der Waals surface area (Å²) in [5.41, 5.74) is 4.13. The van der Waals surface area contributed by atoms with Gasteiger partial charge >= 0.3 is 11.8 Å². The molecule has 26 heavy (non-hydrogen) atoms. The number of amides is 2. The molecule has 0 atom stereocenters. The first kappa shape index (κ1) is 20.0. The van der Waals surface area contributed by atoms with E-state index in [0.29, 0.717) is 11.4 Å². The van der Waals surface area contributed by atoms with Gasteiger partial charge in [-0.05, 0) is 75.2 Å². The normalized spacial score (nSPS) is 10.3. The lowest BCUT2D eigenvalue weighted by Crippen LogP contribution is -2.29. The highest BCUT2D eigenvalue weighted by atomic mass is 79.9. The summed E-state index contributed by atoms with van der Waals surface area (Å²) in [4.78, 5) is 26.6. The third-order valence-corrected chi connectivity index (χ3v) is 4.72. The maximum Gasteiger partial charge on any atom is 0.314 e. The summed E-state index contributed by atoms with van der Waals surface area (Å²) in [6, 6.07) is 11.2. The van der Waals surface area contributed by atoms with Crippen LogP contribution in [0.3, 0.4) is 0 Å². The van der Waals surface area contributed by atoms with Crippen LogP contribution in [0.25, 0.3) is 0 Å². The average molecular weight is 418 g/mol. The Balaban J connectivity index is 2.08. The van der Waals surface area contributed by atoms with Gasteiger partial charge in [-0.25, -0.2) is 0 Å². The molecule has 0 heterocycles. The van der Waals surface area contributed by atoms with E-state index in [9.17, 15) is 9.59 Å². The zero-order valence-corrected chi connectivity index (χ0v) is 17.1. The van der Waals surface area contributed by atoms with Crippen LogP contribution in [0.4, 0.5) is 17.1 Å². The third kappa shape index (κ3) is 4.85. The molecule has 2 aromatic rings. The predicted octanol–water partition coefficient (Wildman–Crippen LogP) is 4.49. The molecule has 0 unspecified atom stereocenters. The minimum atomic E-state index is -0.692. The SMILES string of the molecule is CCN(CC)c1ccc(NC(=O)C(=O)Nc2ccc(Br)cc2C)c(C)c1. The van der Waals surface area contributed by atoms with Crippen LogP contribution in [0.15, 0.2) is 40.9 Å². The van der Waals surface area contributed by atoms with Crippen molar-refractivity contribution < 1.29 is 9.59 Å². The fourth-order valence-electron chi connectivity index (χ4n) is 2.70. The predicted molar refractivity (Wildman–Crippen MR) is 111 cm³/mol. The van der Waals surface area contributed by atoms with E-state index in [1.54, 1.807) is 6.07 Å². The summed E-state index contributed by atoms with van der Waals surface area (Å²) in [5, 5.41) is 5.33. The van der Waals surface area contributed by atoms with Crippen molar-refractivity contribution in [2.75, 3.05) is 28.6 Å². The summed E-state index contributed by atoms with van der Waals surface area (Å²) >= 11 is 3.37. The molecule has 0 aliphatic carbocycles. The second-order valence-corrected chi connectivity index (χ2v) is 6.95. The molecule has 2 rings (SSSR count). The van der Waals surface area contributed by atoms with Crippen molar-refractivity contribution >= 4 is 44.8 Å². The van der Waals surface area contributed by atoms with E-state index in [2.05, 4.69) is 45.3 Å². The molecule has 0 saturated carbocycles. The van der Waals surface area contributed by atoms with E-state index in [-0.39, 0.29) is 0 Å². The van der Waals surface area contributed by atoms with Gasteiger partial charge in [0.15, 0.2) is 0 Å². The van der Waals surface area contributed by atoms with Gasteiger partial charge in [-0.1, -0.05) is 15.9 Å². The Morgan fingerprint density at radius 2 is 1.38 bits per heavy atom. The van der Waals surface area contributed by atoms with Gasteiger partial charge < -0.3 is 15.5 Å². The largest absolute Gasteiger partial charge is 0.372 e. The monoisotopic (exact) mass is 417 g/mol. The van der Waals surface area contributed by atoms with Gasteiger partial charge in [0.25, 0.3) is 0 Å². The van der Waals surface area contributed by atoms with E-state index in [1.807, 2.05) is 44.2 Å². The van der Waals surface area contributed by atoms with E-state index in [4.69, 9.17) is 0 Å². The maximum absolute atomic E-state index is 12.2. The van der Waals surface area contributed by atoms with Crippen LogP contribution in [-0.4, -0.2) is 24.9 Å². The molecule has 6 heteroatoms. The van der Waals surface area contributed by atoms with Gasteiger partial charge in [0.05, 0.1) is 0 Å². The molecule has 2 amide bonds. The second-order valence-electron chi connectivity index (χ2n) is 6.04. The Hall–Kier alpha value is -2.34. The Morgan fingerprint density at radius 3 is 1.85 bits per heavy atom. The minimum absolute atomic E-state index is 0.613. The zero-order chi connectivity index (χ0) is 19.3. The van der Waals surface area contributed by atoms with Crippen molar-refractivity contribution in [1.29, 1.82) is 0 Å². The van der Waals surface area contributed by atoms with Crippen molar-refractivity contribution in [3.8, 4) is 0 Å². The summed E-state index contributed by atoms with van der Waals surface area (Å²) in [6.07, 6.45) is 0. The van der Waals surface area contributed by atoms with Gasteiger partial charge in [-0.2, -0.15) is 0 Å². The Kier molecular flexibility index (Phi) is 6.80. The molecule has 0 radical (unpaired) electrons. The van der Waals surface area contributed by atoms with Gasteiger partial charge in [0.1, 0.15) is 0 Å². The van der Waals surface area contributed by atoms with Crippen LogP contribution < -0.4 is 15.5 Å². The number of halogens is 1. The first-order valence-electron chi connectivity index (χ1n) is 8.59. The topological polar surface area (TPSA) is 61.4 Å². The highest BCUT2D eigenvalue weighted by Crippen LogP contribution is 2.23. The Morgan fingerprint density at radius 1 is 0.885 bits per heavy atom. The molecule has 0 aliphatic rings. The van der Waals surface area contributed by atoms with Crippen molar-refractivity contribution in [2.24, 2.45) is 0 Å². The molecule has 2 aromatic carbocycles. The van der Waals surface area contributed by atoms with E-state index in [0.717, 1.165) is 34.4 Å². The molecule has 2 N–H and O–H groups in total. The van der Waals surface area contributed by atoms with Crippen LogP contribution in [0.1, 0.15) is 25.0 Å². The molecule has 138 valence electrons. The highest BCUT2D eigenvalue weighted by Gasteiger charge is 2.16. The van der Waals surface area contributed by atoms with E-state index in [1.165, 1.54) is 0 Å². The molecule has 0 aliphatic heterocycles. The standard InChI is InChI=1S/C20H24BrN3O2/c1-5-24(6-2)16-8-10-18(14(4)12-16)23-20(26)19(25)22-17-9-7-15(21)11-13(17)3/h7-12H,5-6H2,1-4H3,(H,22,25)(H,23,26). The van der Waals surface area contributed by atoms with Gasteiger partial charge in [0.2, 0.25) is 0 Å². The van der Waals surface area contributed by atoms with Crippen LogP contribution in [0, 0.1) is 13.8 Å². The lowest BCUT2D eigenvalue weighted by Gasteiger charge is -2.22. The number of nitrogens with one attached hydrogen (secondary N) is 2. The molecule has 0 saturated heterocycles. The van der Waals surface area contributed by atoms with Crippen LogP contribution in [-0.2, 0) is 9.59 Å². The van der Waals surface area contributed by atoms with Crippen molar-refractivity contribution in [3.05, 3.63) is 52.0 Å². The first-order chi connectivity index (χ1) is 12.3. The fraction of sp³-hybridized carbons (Fsp3) is 0.300. The van der Waals surface area contributed by atoms with Crippen molar-refractivity contribution in [2.45, 2.75) is 27.7 Å².